The lowest BCUT2D eigenvalue weighted by Gasteiger charge is -2.29. The molecule has 1 N–H and O–H groups in total. The number of nitriles is 1. The van der Waals surface area contributed by atoms with Crippen molar-refractivity contribution in [2.24, 2.45) is 4.99 Å². The number of aliphatic imine (C=N–C) groups is 1. The minimum absolute atomic E-state index is 0.157. The van der Waals surface area contributed by atoms with Crippen LogP contribution in [0.25, 0.3) is 5.69 Å². The lowest BCUT2D eigenvalue weighted by atomic mass is 9.90. The van der Waals surface area contributed by atoms with E-state index in [-0.39, 0.29) is 16.5 Å². The highest BCUT2D eigenvalue weighted by molar-refractivity contribution is 6.35. The molecule has 1 fully saturated rings. The minimum atomic E-state index is -4.92. The first-order valence-electron chi connectivity index (χ1n) is 9.02. The Hall–Kier alpha value is -2.84. The van der Waals surface area contributed by atoms with Gasteiger partial charge in [-0.2, -0.15) is 23.5 Å². The molecule has 0 amide bonds. The average molecular weight is 519 g/mol. The summed E-state index contributed by atoms with van der Waals surface area (Å²) in [5.74, 6) is -1.19. The van der Waals surface area contributed by atoms with Crippen LogP contribution in [0, 0.1) is 17.1 Å². The van der Waals surface area contributed by atoms with Crippen molar-refractivity contribution in [3.63, 3.8) is 0 Å². The number of amidine groups is 1. The van der Waals surface area contributed by atoms with E-state index in [1.54, 1.807) is 0 Å². The molecule has 33 heavy (non-hydrogen) atoms. The predicted molar refractivity (Wildman–Crippen MR) is 113 cm³/mol. The normalized spacial score (nSPS) is 19.5. The van der Waals surface area contributed by atoms with Gasteiger partial charge >= 0.3 is 6.18 Å². The summed E-state index contributed by atoms with van der Waals surface area (Å²) in [6, 6.07) is 7.99. The van der Waals surface area contributed by atoms with Gasteiger partial charge in [-0.25, -0.2) is 14.1 Å². The topological polar surface area (TPSA) is 75.2 Å². The first kappa shape index (κ1) is 23.3. The Morgan fingerprint density at radius 1 is 1.15 bits per heavy atom. The van der Waals surface area contributed by atoms with E-state index in [9.17, 15) is 17.6 Å². The molecular formula is C20H10Cl3F4N5O. The molecule has 1 unspecified atom stereocenters. The molecular weight excluding hydrogens is 509 g/mol. The summed E-state index contributed by atoms with van der Waals surface area (Å²) < 4.78 is 57.4. The fourth-order valence-corrected chi connectivity index (χ4v) is 3.89. The predicted octanol–water partition coefficient (Wildman–Crippen LogP) is 6.26. The second-order valence-corrected chi connectivity index (χ2v) is 8.16. The quantitative estimate of drug-likeness (QED) is 0.328. The Morgan fingerprint density at radius 3 is 2.45 bits per heavy atom. The van der Waals surface area contributed by atoms with Gasteiger partial charge < -0.3 is 0 Å². The maximum Gasteiger partial charge on any atom is 0.424 e. The summed E-state index contributed by atoms with van der Waals surface area (Å²) in [4.78, 5) is 9.14. The van der Waals surface area contributed by atoms with E-state index >= 15 is 0 Å². The Morgan fingerprint density at radius 2 is 1.85 bits per heavy atom. The third-order valence-electron chi connectivity index (χ3n) is 4.82. The molecule has 1 aliphatic heterocycles. The lowest BCUT2D eigenvalue weighted by molar-refractivity contribution is -0.282. The number of rotatable bonds is 3. The Balaban J connectivity index is 1.72. The second-order valence-electron chi connectivity index (χ2n) is 6.94. The minimum Gasteiger partial charge on any atom is -0.253 e. The lowest BCUT2D eigenvalue weighted by Crippen LogP contribution is -2.42. The van der Waals surface area contributed by atoms with Crippen molar-refractivity contribution >= 4 is 46.3 Å². The number of nitrogens with zero attached hydrogens (tertiary/aromatic N) is 4. The monoisotopic (exact) mass is 517 g/mol. The van der Waals surface area contributed by atoms with Crippen molar-refractivity contribution in [3.8, 4) is 11.8 Å². The van der Waals surface area contributed by atoms with Crippen LogP contribution < -0.4 is 5.48 Å². The van der Waals surface area contributed by atoms with Crippen LogP contribution in [0.2, 0.25) is 15.1 Å². The molecule has 2 heterocycles. The maximum atomic E-state index is 14.1. The third kappa shape index (κ3) is 4.25. The summed E-state index contributed by atoms with van der Waals surface area (Å²) in [6.45, 7) is 0. The number of nitrogens with one attached hydrogen (secondary N) is 1. The smallest absolute Gasteiger partial charge is 0.253 e. The molecule has 2 aromatic carbocycles. The van der Waals surface area contributed by atoms with Crippen LogP contribution in [0.5, 0.6) is 0 Å². The fourth-order valence-electron chi connectivity index (χ4n) is 3.20. The zero-order chi connectivity index (χ0) is 24.0. The van der Waals surface area contributed by atoms with Crippen LogP contribution in [0.3, 0.4) is 0 Å². The largest absolute Gasteiger partial charge is 0.424 e. The summed E-state index contributed by atoms with van der Waals surface area (Å²) in [7, 11) is 0. The van der Waals surface area contributed by atoms with Gasteiger partial charge in [0.05, 0.1) is 44.6 Å². The molecule has 170 valence electrons. The van der Waals surface area contributed by atoms with E-state index in [0.29, 0.717) is 11.3 Å². The first-order chi connectivity index (χ1) is 15.5. The van der Waals surface area contributed by atoms with Gasteiger partial charge in [0.2, 0.25) is 5.60 Å². The van der Waals surface area contributed by atoms with Gasteiger partial charge in [-0.05, 0) is 35.9 Å². The highest BCUT2D eigenvalue weighted by Gasteiger charge is 2.62. The van der Waals surface area contributed by atoms with Crippen molar-refractivity contribution in [1.29, 1.82) is 5.26 Å². The van der Waals surface area contributed by atoms with Gasteiger partial charge in [-0.15, -0.1) is 0 Å². The highest BCUT2D eigenvalue weighted by atomic mass is 35.5. The van der Waals surface area contributed by atoms with Crippen LogP contribution in [0.1, 0.15) is 17.5 Å². The van der Waals surface area contributed by atoms with Crippen LogP contribution >= 0.6 is 34.8 Å². The summed E-state index contributed by atoms with van der Waals surface area (Å²) in [6.07, 6.45) is -2.91. The van der Waals surface area contributed by atoms with E-state index < -0.39 is 39.6 Å². The second kappa shape index (κ2) is 8.50. The summed E-state index contributed by atoms with van der Waals surface area (Å²) in [5, 5.41) is 12.1. The average Bonchev–Trinajstić information content (AvgIpc) is 3.40. The standard InChI is InChI=1S/C20H10Cl3F4N5O/c21-13-2-1-12(5-16(13)32-9-10(7-28)8-29-32)30-17-6-19(33-31-17,20(25,26)27)11-3-14(22)18(24)15(23)4-11/h1-5,8-9H,6H2,(H,30,31). The van der Waals surface area contributed by atoms with Crippen molar-refractivity contribution < 1.29 is 22.4 Å². The fraction of sp³-hybridized carbons (Fsp3) is 0.150. The van der Waals surface area contributed by atoms with E-state index in [4.69, 9.17) is 44.9 Å². The molecule has 4 rings (SSSR count). The summed E-state index contributed by atoms with van der Waals surface area (Å²) >= 11 is 17.6. The van der Waals surface area contributed by atoms with Crippen LogP contribution in [-0.2, 0) is 10.4 Å². The van der Waals surface area contributed by atoms with Gasteiger partial charge in [0.1, 0.15) is 11.9 Å². The molecule has 1 aromatic heterocycles. The Labute approximate surface area is 198 Å². The van der Waals surface area contributed by atoms with Crippen molar-refractivity contribution in [2.75, 3.05) is 0 Å². The molecule has 0 bridgehead atoms. The Kier molecular flexibility index (Phi) is 6.01. The number of aromatic nitrogens is 2. The van der Waals surface area contributed by atoms with Gasteiger partial charge in [-0.1, -0.05) is 34.8 Å². The molecule has 0 aliphatic carbocycles. The van der Waals surface area contributed by atoms with Crippen molar-refractivity contribution in [2.45, 2.75) is 18.2 Å². The molecule has 1 atom stereocenters. The molecule has 3 aromatic rings. The first-order valence-corrected chi connectivity index (χ1v) is 10.2. The zero-order valence-corrected chi connectivity index (χ0v) is 18.4. The van der Waals surface area contributed by atoms with E-state index in [0.717, 1.165) is 12.1 Å². The van der Waals surface area contributed by atoms with Gasteiger partial charge in [0.15, 0.2) is 5.82 Å². The van der Waals surface area contributed by atoms with Gasteiger partial charge in [-0.3, -0.25) is 10.3 Å². The number of hydroxylamine groups is 1. The van der Waals surface area contributed by atoms with Crippen molar-refractivity contribution in [3.05, 3.63) is 74.7 Å². The summed E-state index contributed by atoms with van der Waals surface area (Å²) in [5.41, 5.74) is -0.299. The molecule has 1 aliphatic rings. The van der Waals surface area contributed by atoms with Gasteiger partial charge in [0, 0.05) is 6.20 Å². The third-order valence-corrected chi connectivity index (χ3v) is 5.69. The highest BCUT2D eigenvalue weighted by Crippen LogP contribution is 2.48. The SMILES string of the molecule is N#Cc1cnn(-c2cc(N=C3CC(c4cc(Cl)c(F)c(Cl)c4)(C(F)(F)F)ON3)ccc2Cl)c1. The van der Waals surface area contributed by atoms with Crippen LogP contribution in [0.4, 0.5) is 23.2 Å². The van der Waals surface area contributed by atoms with E-state index in [2.05, 4.69) is 15.6 Å². The number of hydrogen-bond donors (Lipinski definition) is 1. The Bertz CT molecular complexity index is 1290. The van der Waals surface area contributed by atoms with E-state index in [1.807, 2.05) is 6.07 Å². The number of benzene rings is 2. The number of hydrogen-bond acceptors (Lipinski definition) is 4. The zero-order valence-electron chi connectivity index (χ0n) is 16.1. The molecule has 0 saturated carbocycles. The van der Waals surface area contributed by atoms with Crippen LogP contribution in [0.15, 0.2) is 47.7 Å². The molecule has 1 saturated heterocycles. The van der Waals surface area contributed by atoms with Crippen molar-refractivity contribution in [1.82, 2.24) is 15.3 Å². The van der Waals surface area contributed by atoms with E-state index in [1.165, 1.54) is 35.3 Å². The molecule has 6 nitrogen and oxygen atoms in total. The molecule has 13 heteroatoms. The molecule has 0 radical (unpaired) electrons. The maximum absolute atomic E-state index is 14.1. The number of halogens is 7. The van der Waals surface area contributed by atoms with Crippen LogP contribution in [-0.4, -0.2) is 21.8 Å². The van der Waals surface area contributed by atoms with Gasteiger partial charge in [0.25, 0.3) is 0 Å². The molecule has 0 spiro atoms. The number of alkyl halides is 3.